The Morgan fingerprint density at radius 3 is 2.57 bits per heavy atom. The van der Waals surface area contributed by atoms with Gasteiger partial charge in [-0.15, -0.1) is 11.3 Å². The smallest absolute Gasteiger partial charge is 0.416 e. The Hall–Kier alpha value is -3.90. The van der Waals surface area contributed by atoms with Crippen LogP contribution < -0.4 is 0 Å². The van der Waals surface area contributed by atoms with Crippen LogP contribution in [0.3, 0.4) is 0 Å². The highest BCUT2D eigenvalue weighted by atomic mass is 35.5. The zero-order valence-electron chi connectivity index (χ0n) is 37.0. The van der Waals surface area contributed by atoms with Gasteiger partial charge in [-0.2, -0.15) is 13.2 Å². The van der Waals surface area contributed by atoms with Crippen molar-refractivity contribution in [2.45, 2.75) is 135 Å². The van der Waals surface area contributed by atoms with Crippen molar-refractivity contribution in [2.24, 2.45) is 23.2 Å². The van der Waals surface area contributed by atoms with Gasteiger partial charge in [0.2, 0.25) is 5.78 Å². The number of furan rings is 1. The minimum absolute atomic E-state index is 0.00811. The highest BCUT2D eigenvalue weighted by Crippen LogP contribution is 2.59. The van der Waals surface area contributed by atoms with Gasteiger partial charge >= 0.3 is 12.3 Å². The summed E-state index contributed by atoms with van der Waals surface area (Å²) in [4.78, 5) is 32.1. The van der Waals surface area contributed by atoms with Crippen molar-refractivity contribution in [2.75, 3.05) is 13.1 Å². The number of alkyl halides is 3. The van der Waals surface area contributed by atoms with E-state index in [1.807, 2.05) is 23.6 Å². The quantitative estimate of drug-likeness (QED) is 0.121. The second-order valence-corrected chi connectivity index (χ2v) is 20.6. The molecule has 340 valence electrons. The molecule has 2 N–H and O–H groups in total. The lowest BCUT2D eigenvalue weighted by Crippen LogP contribution is -2.54. The molecule has 12 heteroatoms. The highest BCUT2D eigenvalue weighted by Gasteiger charge is 2.58. The maximum atomic E-state index is 14.8. The summed E-state index contributed by atoms with van der Waals surface area (Å²) in [5.41, 5.74) is -0.180. The third kappa shape index (κ3) is 10.5. The number of ketones is 1. The van der Waals surface area contributed by atoms with Crippen LogP contribution in [0.25, 0.3) is 11.3 Å². The van der Waals surface area contributed by atoms with Crippen molar-refractivity contribution < 1.29 is 42.1 Å². The first-order valence-corrected chi connectivity index (χ1v) is 23.8. The van der Waals surface area contributed by atoms with Crippen LogP contribution in [0.1, 0.15) is 136 Å². The second-order valence-electron chi connectivity index (χ2n) is 19.1. The molecule has 7 nitrogen and oxygen atoms in total. The number of benzene rings is 2. The lowest BCUT2D eigenvalue weighted by Gasteiger charge is -2.46. The van der Waals surface area contributed by atoms with E-state index in [9.17, 15) is 33.0 Å². The summed E-state index contributed by atoms with van der Waals surface area (Å²) >= 11 is 8.00. The van der Waals surface area contributed by atoms with E-state index in [2.05, 4.69) is 46.8 Å². The minimum atomic E-state index is -4.61. The Balaban J connectivity index is 1.26. The molecule has 7 atom stereocenters. The lowest BCUT2D eigenvalue weighted by molar-refractivity contribution is -0.137. The van der Waals surface area contributed by atoms with Gasteiger partial charge in [0.15, 0.2) is 5.76 Å². The first-order valence-electron chi connectivity index (χ1n) is 22.5. The topological polar surface area (TPSA) is 100 Å². The molecule has 2 aromatic heterocycles. The van der Waals surface area contributed by atoms with Gasteiger partial charge in [-0.25, -0.2) is 4.79 Å². The number of carbonyl (C=O) groups is 2. The van der Waals surface area contributed by atoms with Gasteiger partial charge in [0.25, 0.3) is 0 Å². The van der Waals surface area contributed by atoms with Gasteiger partial charge in [-0.3, -0.25) is 4.79 Å². The standard InChI is InChI=1S/C51H61ClF3NO6S/c1-31(2)38-15-11-33(4)26-46(38)62-48(59)56(24-21-37-9-7-25-63-37)30-50(60)23-20-42-39-16-12-34(27-36(57)14-10-32(3)8-6-22-49(42,50)5)28-40(39)47(58)45-19-18-44(61-45)41-29-35(51(53,54)55)13-17-43(41)52/h7-9,12-13,16-19,25,28-29,31,33,36,38,42,46,57,60H,6,10-11,14-15,20-24,26-27,30H2,1-5H3. The molecule has 8 rings (SSSR count). The van der Waals surface area contributed by atoms with Crippen LogP contribution in [0.4, 0.5) is 18.0 Å². The number of rotatable bonds is 10. The van der Waals surface area contributed by atoms with E-state index in [0.29, 0.717) is 80.9 Å². The van der Waals surface area contributed by atoms with Crippen molar-refractivity contribution in [3.8, 4) is 11.3 Å². The zero-order chi connectivity index (χ0) is 45.3. The third-order valence-corrected chi connectivity index (χ3v) is 15.7. The van der Waals surface area contributed by atoms with Crippen molar-refractivity contribution in [3.05, 3.63) is 116 Å². The van der Waals surface area contributed by atoms with Crippen molar-refractivity contribution in [3.63, 3.8) is 0 Å². The number of hydrogen-bond donors (Lipinski definition) is 2. The number of amides is 1. The van der Waals surface area contributed by atoms with Crippen molar-refractivity contribution >= 4 is 34.8 Å². The molecular weight excluding hydrogens is 847 g/mol. The molecule has 0 spiro atoms. The molecule has 4 aliphatic rings. The molecule has 4 aliphatic carbocycles. The van der Waals surface area contributed by atoms with E-state index >= 15 is 0 Å². The molecule has 2 fully saturated rings. The summed E-state index contributed by atoms with van der Waals surface area (Å²) in [6.07, 6.45) is 3.37. The fraction of sp³-hybridized carbons (Fsp3) is 0.529. The van der Waals surface area contributed by atoms with Crippen LogP contribution in [0.5, 0.6) is 0 Å². The monoisotopic (exact) mass is 907 g/mol. The summed E-state index contributed by atoms with van der Waals surface area (Å²) in [5.74, 6) is 0.170. The van der Waals surface area contributed by atoms with Gasteiger partial charge < -0.3 is 24.3 Å². The lowest BCUT2D eigenvalue weighted by atomic mass is 9.64. The molecule has 2 heterocycles. The van der Waals surface area contributed by atoms with E-state index in [4.69, 9.17) is 20.8 Å². The Labute approximate surface area is 378 Å². The van der Waals surface area contributed by atoms with Crippen LogP contribution in [-0.4, -0.2) is 57.9 Å². The fourth-order valence-electron chi connectivity index (χ4n) is 10.5. The first-order chi connectivity index (χ1) is 29.8. The molecule has 63 heavy (non-hydrogen) atoms. The van der Waals surface area contributed by atoms with Gasteiger partial charge in [-0.1, -0.05) is 75.6 Å². The number of aliphatic hydroxyl groups excluding tert-OH is 1. The summed E-state index contributed by atoms with van der Waals surface area (Å²) in [6.45, 7) is 11.1. The SMILES string of the molecule is CC1=CCCC2(C)C(CCC2(O)CN(CCc2cccs2)C(=O)OC2CC(C)CCC2C(C)C)c2ccc(cc2C(=O)c2ccc(-c3cc(C(F)(F)F)ccc3Cl)o2)CC(O)CC1. The zero-order valence-corrected chi connectivity index (χ0v) is 38.6. The number of thiophene rings is 1. The van der Waals surface area contributed by atoms with Crippen molar-refractivity contribution in [1.29, 1.82) is 0 Å². The summed E-state index contributed by atoms with van der Waals surface area (Å²) in [7, 11) is 0. The number of hydrogen-bond acceptors (Lipinski definition) is 7. The minimum Gasteiger partial charge on any atom is -0.453 e. The predicted molar refractivity (Wildman–Crippen MR) is 242 cm³/mol. The van der Waals surface area contributed by atoms with E-state index in [1.165, 1.54) is 12.1 Å². The summed E-state index contributed by atoms with van der Waals surface area (Å²) < 4.78 is 53.6. The average molecular weight is 909 g/mol. The van der Waals surface area contributed by atoms with Crippen LogP contribution in [0.15, 0.2) is 82.1 Å². The van der Waals surface area contributed by atoms with Crippen molar-refractivity contribution in [1.82, 2.24) is 4.90 Å². The fourth-order valence-corrected chi connectivity index (χ4v) is 11.4. The van der Waals surface area contributed by atoms with E-state index in [1.54, 1.807) is 22.3 Å². The van der Waals surface area contributed by atoms with Gasteiger partial charge in [0.05, 0.1) is 28.8 Å². The van der Waals surface area contributed by atoms with Crippen LogP contribution in [0.2, 0.25) is 5.02 Å². The molecule has 2 bridgehead atoms. The predicted octanol–water partition coefficient (Wildman–Crippen LogP) is 13.1. The van der Waals surface area contributed by atoms with Crippen LogP contribution in [-0.2, 0) is 23.8 Å². The molecule has 0 saturated heterocycles. The summed E-state index contributed by atoms with van der Waals surface area (Å²) in [6, 6.07) is 15.5. The number of fused-ring (bicyclic) bond motifs is 8. The van der Waals surface area contributed by atoms with E-state index < -0.39 is 40.7 Å². The molecule has 0 radical (unpaired) electrons. The molecule has 1 amide bonds. The van der Waals surface area contributed by atoms with Gasteiger partial charge in [0, 0.05) is 28.0 Å². The molecule has 7 unspecified atom stereocenters. The number of allylic oxidation sites excluding steroid dienone is 2. The Kier molecular flexibility index (Phi) is 14.4. The Morgan fingerprint density at radius 1 is 1.05 bits per heavy atom. The number of halogens is 4. The van der Waals surface area contributed by atoms with Gasteiger partial charge in [0.1, 0.15) is 11.9 Å². The number of carbonyl (C=O) groups excluding carboxylic acids is 2. The third-order valence-electron chi connectivity index (χ3n) is 14.4. The first kappa shape index (κ1) is 47.1. The van der Waals surface area contributed by atoms with E-state index in [0.717, 1.165) is 53.5 Å². The number of aliphatic hydroxyl groups is 2. The van der Waals surface area contributed by atoms with E-state index in [-0.39, 0.29) is 46.6 Å². The van der Waals surface area contributed by atoms with Crippen LogP contribution in [0, 0.1) is 23.2 Å². The van der Waals surface area contributed by atoms with Gasteiger partial charge in [-0.05, 0) is 154 Å². The maximum absolute atomic E-state index is 14.8. The largest absolute Gasteiger partial charge is 0.453 e. The number of ether oxygens (including phenoxy) is 1. The number of nitrogens with zero attached hydrogens (tertiary/aromatic N) is 1. The average Bonchev–Trinajstić information content (AvgIpc) is 3.99. The normalized spacial score (nSPS) is 26.9. The Morgan fingerprint density at radius 2 is 1.84 bits per heavy atom. The maximum Gasteiger partial charge on any atom is 0.416 e. The molecule has 4 aromatic rings. The molecule has 0 aliphatic heterocycles. The summed E-state index contributed by atoms with van der Waals surface area (Å²) in [5, 5.41) is 26.4. The highest BCUT2D eigenvalue weighted by molar-refractivity contribution is 7.09. The Bertz CT molecular complexity index is 2270. The van der Waals surface area contributed by atoms with Crippen LogP contribution >= 0.6 is 22.9 Å². The molecular formula is C51H61ClF3NO6S. The molecule has 2 saturated carbocycles. The second kappa shape index (κ2) is 19.3. The molecule has 2 aromatic carbocycles.